The van der Waals surface area contributed by atoms with Gasteiger partial charge in [0.2, 0.25) is 5.89 Å². The number of carbonyl (C=O) groups is 1. The van der Waals surface area contributed by atoms with Gasteiger partial charge in [0, 0.05) is 28.3 Å². The molecule has 0 radical (unpaired) electrons. The first-order chi connectivity index (χ1) is 11.9. The van der Waals surface area contributed by atoms with Gasteiger partial charge in [-0.15, -0.1) is 0 Å². The number of benzene rings is 1. The van der Waals surface area contributed by atoms with Crippen LogP contribution in [0.3, 0.4) is 0 Å². The van der Waals surface area contributed by atoms with Crippen LogP contribution in [0.2, 0.25) is 0 Å². The highest BCUT2D eigenvalue weighted by molar-refractivity contribution is 9.10. The van der Waals surface area contributed by atoms with Crippen LogP contribution in [0.25, 0.3) is 22.6 Å². The van der Waals surface area contributed by atoms with Gasteiger partial charge in [0.05, 0.1) is 13.5 Å². The highest BCUT2D eigenvalue weighted by Crippen LogP contribution is 2.30. The van der Waals surface area contributed by atoms with Crippen molar-refractivity contribution in [1.82, 2.24) is 9.55 Å². The van der Waals surface area contributed by atoms with Crippen LogP contribution < -0.4 is 5.56 Å². The minimum atomic E-state index is -0.366. The van der Waals surface area contributed by atoms with Gasteiger partial charge in [-0.1, -0.05) is 22.0 Å². The predicted molar refractivity (Wildman–Crippen MR) is 97.5 cm³/mol. The summed E-state index contributed by atoms with van der Waals surface area (Å²) in [5.41, 5.74) is 3.04. The molecule has 2 heterocycles. The highest BCUT2D eigenvalue weighted by atomic mass is 79.9. The molecule has 0 bridgehead atoms. The number of halogens is 1. The average Bonchev–Trinajstić information content (AvgIpc) is 3.05. The maximum absolute atomic E-state index is 12.7. The van der Waals surface area contributed by atoms with E-state index in [-0.39, 0.29) is 30.0 Å². The molecule has 0 spiro atoms. The quantitative estimate of drug-likeness (QED) is 0.621. The Hall–Kier alpha value is -2.41. The summed E-state index contributed by atoms with van der Waals surface area (Å²) in [7, 11) is 1.32. The van der Waals surface area contributed by atoms with E-state index < -0.39 is 0 Å². The number of ether oxygens (including phenoxy) is 1. The van der Waals surface area contributed by atoms with Crippen molar-refractivity contribution in [3.63, 3.8) is 0 Å². The molecular weight excluding hydrogens is 388 g/mol. The summed E-state index contributed by atoms with van der Waals surface area (Å²) in [6, 6.07) is 5.73. The molecule has 0 unspecified atom stereocenters. The Bertz CT molecular complexity index is 1020. The van der Waals surface area contributed by atoms with Crippen LogP contribution in [0.4, 0.5) is 0 Å². The van der Waals surface area contributed by atoms with Crippen molar-refractivity contribution >= 4 is 33.0 Å². The summed E-state index contributed by atoms with van der Waals surface area (Å²) in [5.74, 6) is 0.0370. The van der Waals surface area contributed by atoms with Crippen LogP contribution in [0.5, 0.6) is 0 Å². The first-order valence-electron chi connectivity index (χ1n) is 7.75. The van der Waals surface area contributed by atoms with E-state index in [1.807, 2.05) is 32.0 Å². The molecule has 0 saturated carbocycles. The van der Waals surface area contributed by atoms with Crippen molar-refractivity contribution in [2.24, 2.45) is 0 Å². The van der Waals surface area contributed by atoms with Gasteiger partial charge in [0.15, 0.2) is 11.1 Å². The molecule has 0 N–H and O–H groups in total. The SMILES string of the molecule is COC(=O)CCn1cc(C)c2oc(-c3cccc(Br)c3C)nc2c1=O. The smallest absolute Gasteiger partial charge is 0.307 e. The maximum atomic E-state index is 12.7. The maximum Gasteiger partial charge on any atom is 0.307 e. The molecule has 0 amide bonds. The number of rotatable bonds is 4. The Labute approximate surface area is 152 Å². The fourth-order valence-corrected chi connectivity index (χ4v) is 3.02. The minimum Gasteiger partial charge on any atom is -0.469 e. The molecule has 7 heteroatoms. The Morgan fingerprint density at radius 2 is 2.12 bits per heavy atom. The normalized spacial score (nSPS) is 11.0. The van der Waals surface area contributed by atoms with Crippen LogP contribution in [0, 0.1) is 13.8 Å². The number of methoxy groups -OCH3 is 1. The van der Waals surface area contributed by atoms with Crippen LogP contribution >= 0.6 is 15.9 Å². The van der Waals surface area contributed by atoms with E-state index in [1.165, 1.54) is 11.7 Å². The zero-order valence-electron chi connectivity index (χ0n) is 14.1. The number of esters is 1. The molecule has 130 valence electrons. The second kappa shape index (κ2) is 6.84. The molecule has 0 fully saturated rings. The average molecular weight is 405 g/mol. The van der Waals surface area contributed by atoms with Crippen molar-refractivity contribution in [2.45, 2.75) is 26.8 Å². The summed E-state index contributed by atoms with van der Waals surface area (Å²) in [5, 5.41) is 0. The Morgan fingerprint density at radius 1 is 1.36 bits per heavy atom. The van der Waals surface area contributed by atoms with Crippen molar-refractivity contribution < 1.29 is 13.9 Å². The van der Waals surface area contributed by atoms with Crippen molar-refractivity contribution in [1.29, 1.82) is 0 Å². The summed E-state index contributed by atoms with van der Waals surface area (Å²) < 4.78 is 12.9. The molecule has 2 aromatic heterocycles. The Balaban J connectivity index is 2.10. The molecule has 0 aliphatic rings. The van der Waals surface area contributed by atoms with Gasteiger partial charge in [-0.2, -0.15) is 0 Å². The van der Waals surface area contributed by atoms with E-state index in [0.29, 0.717) is 11.5 Å². The molecule has 25 heavy (non-hydrogen) atoms. The zero-order chi connectivity index (χ0) is 18.1. The van der Waals surface area contributed by atoms with Crippen molar-refractivity contribution in [2.75, 3.05) is 7.11 Å². The number of nitrogens with zero attached hydrogens (tertiary/aromatic N) is 2. The molecular formula is C18H17BrN2O4. The van der Waals surface area contributed by atoms with Crippen molar-refractivity contribution in [3.05, 3.63) is 50.3 Å². The van der Waals surface area contributed by atoms with Gasteiger partial charge in [-0.3, -0.25) is 9.59 Å². The third kappa shape index (κ3) is 3.24. The van der Waals surface area contributed by atoms with E-state index in [4.69, 9.17) is 4.42 Å². The van der Waals surface area contributed by atoms with E-state index >= 15 is 0 Å². The topological polar surface area (TPSA) is 74.3 Å². The van der Waals surface area contributed by atoms with Crippen LogP contribution in [-0.2, 0) is 16.1 Å². The lowest BCUT2D eigenvalue weighted by Gasteiger charge is -2.05. The number of hydrogen-bond donors (Lipinski definition) is 0. The number of carbonyl (C=O) groups excluding carboxylic acids is 1. The molecule has 0 saturated heterocycles. The number of pyridine rings is 1. The van der Waals surface area contributed by atoms with Gasteiger partial charge in [0.1, 0.15) is 0 Å². The lowest BCUT2D eigenvalue weighted by molar-refractivity contribution is -0.140. The van der Waals surface area contributed by atoms with Crippen LogP contribution in [0.15, 0.2) is 38.1 Å². The third-order valence-corrected chi connectivity index (χ3v) is 4.94. The van der Waals surface area contributed by atoms with Gasteiger partial charge in [-0.05, 0) is 31.5 Å². The molecule has 0 atom stereocenters. The Kier molecular flexibility index (Phi) is 4.76. The third-order valence-electron chi connectivity index (χ3n) is 4.08. The summed E-state index contributed by atoms with van der Waals surface area (Å²) in [6.07, 6.45) is 1.80. The van der Waals surface area contributed by atoms with Crippen molar-refractivity contribution in [3.8, 4) is 11.5 Å². The van der Waals surface area contributed by atoms with Gasteiger partial charge in [0.25, 0.3) is 5.56 Å². The fourth-order valence-electron chi connectivity index (χ4n) is 2.65. The lowest BCUT2D eigenvalue weighted by Crippen LogP contribution is -2.22. The monoisotopic (exact) mass is 404 g/mol. The molecule has 1 aromatic carbocycles. The zero-order valence-corrected chi connectivity index (χ0v) is 15.7. The minimum absolute atomic E-state index is 0.122. The van der Waals surface area contributed by atoms with Gasteiger partial charge in [-0.25, -0.2) is 4.98 Å². The van der Waals surface area contributed by atoms with E-state index in [2.05, 4.69) is 25.7 Å². The number of fused-ring (bicyclic) bond motifs is 1. The summed E-state index contributed by atoms with van der Waals surface area (Å²) in [4.78, 5) is 28.4. The van der Waals surface area contributed by atoms with Crippen LogP contribution in [-0.4, -0.2) is 22.6 Å². The van der Waals surface area contributed by atoms with E-state index in [9.17, 15) is 9.59 Å². The molecule has 3 rings (SSSR count). The van der Waals surface area contributed by atoms with E-state index in [1.54, 1.807) is 6.20 Å². The first kappa shape index (κ1) is 17.4. The second-order valence-electron chi connectivity index (χ2n) is 5.75. The number of aryl methyl sites for hydroxylation is 2. The van der Waals surface area contributed by atoms with Gasteiger partial charge >= 0.3 is 5.97 Å². The summed E-state index contributed by atoms with van der Waals surface area (Å²) >= 11 is 3.49. The number of oxazole rings is 1. The molecule has 0 aliphatic heterocycles. The second-order valence-corrected chi connectivity index (χ2v) is 6.60. The largest absolute Gasteiger partial charge is 0.469 e. The van der Waals surface area contributed by atoms with Crippen LogP contribution in [0.1, 0.15) is 17.5 Å². The molecule has 0 aliphatic carbocycles. The van der Waals surface area contributed by atoms with E-state index in [0.717, 1.165) is 21.2 Å². The Morgan fingerprint density at radius 3 is 2.84 bits per heavy atom. The standard InChI is InChI=1S/C18H17BrN2O4/c1-10-9-21(8-7-14(22)24-3)18(23)15-16(10)25-17(20-15)12-5-4-6-13(19)11(12)2/h4-6,9H,7-8H2,1-3H3. The van der Waals surface area contributed by atoms with Gasteiger partial charge < -0.3 is 13.7 Å². The fraction of sp³-hybridized carbons (Fsp3) is 0.278. The highest BCUT2D eigenvalue weighted by Gasteiger charge is 2.17. The first-order valence-corrected chi connectivity index (χ1v) is 8.54. The predicted octanol–water partition coefficient (Wildman–Crippen LogP) is 3.60. The molecule has 3 aromatic rings. The number of hydrogen-bond acceptors (Lipinski definition) is 5. The number of aromatic nitrogens is 2. The molecule has 6 nitrogen and oxygen atoms in total. The lowest BCUT2D eigenvalue weighted by atomic mass is 10.1. The summed E-state index contributed by atoms with van der Waals surface area (Å²) in [6.45, 7) is 4.04.